The number of alkyl halides is 1. The molecule has 0 aliphatic carbocycles. The van der Waals surface area contributed by atoms with Crippen molar-refractivity contribution in [3.8, 4) is 11.5 Å². The predicted octanol–water partition coefficient (Wildman–Crippen LogP) is 3.37. The lowest BCUT2D eigenvalue weighted by atomic mass is 9.98. The second-order valence-corrected chi connectivity index (χ2v) is 9.07. The van der Waals surface area contributed by atoms with Crippen LogP contribution in [0.5, 0.6) is 11.5 Å². The Kier molecular flexibility index (Phi) is 4.39. The molecule has 4 nitrogen and oxygen atoms in total. The molecule has 21 heavy (non-hydrogen) atoms. The first-order valence-corrected chi connectivity index (χ1v) is 10.0. The molecular weight excluding hydrogens is 380 g/mol. The number of hydrogen-bond donors (Lipinski definition) is 0. The third-order valence-corrected chi connectivity index (χ3v) is 7.18. The molecule has 1 saturated heterocycles. The first-order valence-electron chi connectivity index (χ1n) is 6.90. The van der Waals surface area contributed by atoms with Gasteiger partial charge in [-0.05, 0) is 30.0 Å². The lowest BCUT2D eigenvalue weighted by Crippen LogP contribution is -2.10. The van der Waals surface area contributed by atoms with Crippen molar-refractivity contribution in [2.75, 3.05) is 24.7 Å². The second kappa shape index (κ2) is 5.97. The molecule has 7 heteroatoms. The number of rotatable bonds is 2. The molecule has 0 bridgehead atoms. The van der Waals surface area contributed by atoms with E-state index in [4.69, 9.17) is 21.1 Å². The maximum atomic E-state index is 11.6. The number of fused-ring (bicyclic) bond motifs is 1. The summed E-state index contributed by atoms with van der Waals surface area (Å²) in [6, 6.07) is 3.73. The Labute approximate surface area is 137 Å². The topological polar surface area (TPSA) is 52.6 Å². The largest absolute Gasteiger partial charge is 0.489 e. The van der Waals surface area contributed by atoms with Gasteiger partial charge in [0, 0.05) is 11.2 Å². The fourth-order valence-electron chi connectivity index (χ4n) is 2.74. The molecule has 0 amide bonds. The van der Waals surface area contributed by atoms with Crippen molar-refractivity contribution in [3.05, 3.63) is 22.7 Å². The summed E-state index contributed by atoms with van der Waals surface area (Å²) in [5, 5.41) is 0.509. The fraction of sp³-hybridized carbons (Fsp3) is 0.571. The summed E-state index contributed by atoms with van der Waals surface area (Å²) in [6.45, 7) is 1.18. The van der Waals surface area contributed by atoms with Crippen LogP contribution in [0.25, 0.3) is 0 Å². The van der Waals surface area contributed by atoms with Gasteiger partial charge in [0.05, 0.1) is 29.7 Å². The molecule has 2 aliphatic rings. The zero-order valence-corrected chi connectivity index (χ0v) is 14.5. The van der Waals surface area contributed by atoms with Crippen molar-refractivity contribution in [1.29, 1.82) is 0 Å². The molecule has 3 rings (SSSR count). The van der Waals surface area contributed by atoms with Crippen LogP contribution in [0.2, 0.25) is 5.02 Å². The van der Waals surface area contributed by atoms with Crippen LogP contribution in [0, 0.1) is 5.92 Å². The van der Waals surface area contributed by atoms with Gasteiger partial charge in [0.2, 0.25) is 0 Å². The molecule has 0 radical (unpaired) electrons. The van der Waals surface area contributed by atoms with E-state index in [1.54, 1.807) is 0 Å². The van der Waals surface area contributed by atoms with Crippen LogP contribution < -0.4 is 9.47 Å². The summed E-state index contributed by atoms with van der Waals surface area (Å²) in [6.07, 6.45) is 1.49. The highest BCUT2D eigenvalue weighted by Crippen LogP contribution is 2.44. The van der Waals surface area contributed by atoms with Gasteiger partial charge in [-0.3, -0.25) is 0 Å². The number of benzene rings is 1. The third-order valence-electron chi connectivity index (χ3n) is 3.82. The lowest BCUT2D eigenvalue weighted by Gasteiger charge is -2.19. The van der Waals surface area contributed by atoms with Crippen LogP contribution >= 0.6 is 27.5 Å². The number of sulfone groups is 1. The Morgan fingerprint density at radius 3 is 2.76 bits per heavy atom. The molecule has 0 N–H and O–H groups in total. The minimum Gasteiger partial charge on any atom is -0.489 e. The van der Waals surface area contributed by atoms with E-state index < -0.39 is 9.84 Å². The zero-order valence-electron chi connectivity index (χ0n) is 11.3. The number of hydrogen-bond acceptors (Lipinski definition) is 4. The highest BCUT2D eigenvalue weighted by Gasteiger charge is 2.34. The normalized spacial score (nSPS) is 25.3. The molecule has 0 aromatic heterocycles. The first kappa shape index (κ1) is 15.4. The summed E-state index contributed by atoms with van der Waals surface area (Å²) in [4.78, 5) is -0.0515. The van der Waals surface area contributed by atoms with Crippen LogP contribution in [0.1, 0.15) is 23.2 Å². The van der Waals surface area contributed by atoms with Gasteiger partial charge in [0.1, 0.15) is 0 Å². The minimum absolute atomic E-state index is 0.0515. The van der Waals surface area contributed by atoms with Crippen LogP contribution in [0.4, 0.5) is 0 Å². The first-order chi connectivity index (χ1) is 9.96. The van der Waals surface area contributed by atoms with E-state index in [9.17, 15) is 8.42 Å². The molecule has 2 heterocycles. The van der Waals surface area contributed by atoms with Crippen molar-refractivity contribution >= 4 is 37.4 Å². The standard InChI is InChI=1S/C14H16BrClO4S/c15-13(9-2-5-21(17,18)8-9)10-6-11(16)14-12(7-10)19-3-1-4-20-14/h6-7,9,13H,1-5,8H2. The Morgan fingerprint density at radius 2 is 2.05 bits per heavy atom. The minimum atomic E-state index is -2.90. The van der Waals surface area contributed by atoms with Gasteiger partial charge in [-0.25, -0.2) is 8.42 Å². The maximum Gasteiger partial charge on any atom is 0.179 e. The maximum absolute atomic E-state index is 11.6. The fourth-order valence-corrected chi connectivity index (χ4v) is 5.81. The highest BCUT2D eigenvalue weighted by molar-refractivity contribution is 9.09. The molecule has 116 valence electrons. The second-order valence-electron chi connectivity index (χ2n) is 5.45. The quantitative estimate of drug-likeness (QED) is 0.721. The Morgan fingerprint density at radius 1 is 1.29 bits per heavy atom. The number of halogens is 2. The lowest BCUT2D eigenvalue weighted by molar-refractivity contribution is 0.297. The number of ether oxygens (including phenoxy) is 2. The summed E-state index contributed by atoms with van der Waals surface area (Å²) in [7, 11) is -2.90. The van der Waals surface area contributed by atoms with Crippen LogP contribution in [0.3, 0.4) is 0 Å². The van der Waals surface area contributed by atoms with E-state index >= 15 is 0 Å². The van der Waals surface area contributed by atoms with Crippen molar-refractivity contribution in [2.45, 2.75) is 17.7 Å². The molecule has 2 unspecified atom stereocenters. The van der Waals surface area contributed by atoms with Crippen molar-refractivity contribution in [2.24, 2.45) is 5.92 Å². The van der Waals surface area contributed by atoms with Gasteiger partial charge < -0.3 is 9.47 Å². The molecule has 1 aromatic rings. The Hall–Kier alpha value is -0.460. The molecule has 0 spiro atoms. The zero-order chi connectivity index (χ0) is 15.0. The van der Waals surface area contributed by atoms with Crippen LogP contribution in [0.15, 0.2) is 12.1 Å². The van der Waals surface area contributed by atoms with Crippen molar-refractivity contribution in [1.82, 2.24) is 0 Å². The third kappa shape index (κ3) is 3.32. The SMILES string of the molecule is O=S1(=O)CCC(C(Br)c2cc(Cl)c3c(c2)OCCCO3)C1. The van der Waals surface area contributed by atoms with Gasteiger partial charge in [-0.1, -0.05) is 27.5 Å². The van der Waals surface area contributed by atoms with E-state index in [1.165, 1.54) is 0 Å². The van der Waals surface area contributed by atoms with Gasteiger partial charge in [-0.15, -0.1) is 0 Å². The van der Waals surface area contributed by atoms with Crippen molar-refractivity contribution < 1.29 is 17.9 Å². The Balaban J connectivity index is 1.89. The monoisotopic (exact) mass is 394 g/mol. The van der Waals surface area contributed by atoms with Crippen LogP contribution in [-0.2, 0) is 9.84 Å². The van der Waals surface area contributed by atoms with Gasteiger partial charge in [-0.2, -0.15) is 0 Å². The average molecular weight is 396 g/mol. The summed E-state index contributed by atoms with van der Waals surface area (Å²) in [5.41, 5.74) is 0.936. The summed E-state index contributed by atoms with van der Waals surface area (Å²) < 4.78 is 34.5. The molecule has 2 aliphatic heterocycles. The van der Waals surface area contributed by atoms with E-state index in [2.05, 4.69) is 15.9 Å². The van der Waals surface area contributed by atoms with E-state index in [0.717, 1.165) is 12.0 Å². The molecule has 1 aromatic carbocycles. The molecular formula is C14H16BrClO4S. The average Bonchev–Trinajstić information content (AvgIpc) is 2.65. The van der Waals surface area contributed by atoms with Crippen molar-refractivity contribution in [3.63, 3.8) is 0 Å². The predicted molar refractivity (Wildman–Crippen MR) is 85.5 cm³/mol. The summed E-state index contributed by atoms with van der Waals surface area (Å²) >= 11 is 9.91. The van der Waals surface area contributed by atoms with E-state index in [1.807, 2.05) is 12.1 Å². The molecule has 0 saturated carbocycles. The smallest absolute Gasteiger partial charge is 0.179 e. The van der Waals surface area contributed by atoms with Gasteiger partial charge >= 0.3 is 0 Å². The van der Waals surface area contributed by atoms with Gasteiger partial charge in [0.25, 0.3) is 0 Å². The molecule has 2 atom stereocenters. The van der Waals surface area contributed by atoms with Gasteiger partial charge in [0.15, 0.2) is 21.3 Å². The van der Waals surface area contributed by atoms with E-state index in [-0.39, 0.29) is 22.3 Å². The Bertz CT molecular complexity index is 647. The van der Waals surface area contributed by atoms with E-state index in [0.29, 0.717) is 36.2 Å². The van der Waals surface area contributed by atoms with Crippen LogP contribution in [-0.4, -0.2) is 33.1 Å². The molecule has 1 fully saturated rings. The summed E-state index contributed by atoms with van der Waals surface area (Å²) in [5.74, 6) is 1.76. The highest BCUT2D eigenvalue weighted by atomic mass is 79.9.